The van der Waals surface area contributed by atoms with Crippen LogP contribution < -0.4 is 5.32 Å². The van der Waals surface area contributed by atoms with Crippen molar-refractivity contribution in [2.45, 2.75) is 19.1 Å². The number of hydrogen-bond acceptors (Lipinski definition) is 6. The topological polar surface area (TPSA) is 108 Å². The first-order chi connectivity index (χ1) is 11.8. The summed E-state index contributed by atoms with van der Waals surface area (Å²) in [5.41, 5.74) is 0.361. The average Bonchev–Trinajstić information content (AvgIpc) is 3.03. The fraction of sp³-hybridized carbons (Fsp3) is 0.733. The van der Waals surface area contributed by atoms with Gasteiger partial charge in [0, 0.05) is 65.4 Å². The fourth-order valence-electron chi connectivity index (χ4n) is 3.24. The molecule has 0 aliphatic carbocycles. The molecule has 140 valence electrons. The summed E-state index contributed by atoms with van der Waals surface area (Å²) in [6.07, 6.45) is 1.67. The number of hydrogen-bond donors (Lipinski definition) is 2. The largest absolute Gasteiger partial charge is 0.391 e. The van der Waals surface area contributed by atoms with Crippen LogP contribution in [0.1, 0.15) is 16.3 Å². The molecule has 0 unspecified atom stereocenters. The molecule has 25 heavy (non-hydrogen) atoms. The molecular formula is C15H25N5O4S. The van der Waals surface area contributed by atoms with E-state index in [4.69, 9.17) is 0 Å². The second-order valence-electron chi connectivity index (χ2n) is 6.83. The van der Waals surface area contributed by atoms with Crippen LogP contribution in [-0.4, -0.2) is 90.3 Å². The Morgan fingerprint density at radius 2 is 2.16 bits per heavy atom. The zero-order valence-electron chi connectivity index (χ0n) is 14.6. The molecule has 1 amide bonds. The molecule has 0 bridgehead atoms. The summed E-state index contributed by atoms with van der Waals surface area (Å²) in [6, 6.07) is 0. The van der Waals surface area contributed by atoms with Gasteiger partial charge < -0.3 is 19.9 Å². The smallest absolute Gasteiger partial charge is 0.274 e. The highest BCUT2D eigenvalue weighted by molar-refractivity contribution is 7.89. The van der Waals surface area contributed by atoms with Gasteiger partial charge in [0.15, 0.2) is 0 Å². The van der Waals surface area contributed by atoms with E-state index in [1.54, 1.807) is 6.20 Å². The molecule has 2 aliphatic rings. The van der Waals surface area contributed by atoms with Crippen LogP contribution in [-0.2, 0) is 23.0 Å². The van der Waals surface area contributed by atoms with Crippen molar-refractivity contribution in [1.29, 1.82) is 0 Å². The Morgan fingerprint density at radius 3 is 2.88 bits per heavy atom. The number of β-amino-alcohol motifs (C(OH)–C–C–N with tert-alkyl or cyclic N) is 1. The summed E-state index contributed by atoms with van der Waals surface area (Å²) < 4.78 is 27.2. The van der Waals surface area contributed by atoms with Crippen molar-refractivity contribution in [3.05, 3.63) is 17.7 Å². The number of sulfonamides is 1. The van der Waals surface area contributed by atoms with Crippen molar-refractivity contribution in [3.8, 4) is 0 Å². The molecule has 1 saturated heterocycles. The van der Waals surface area contributed by atoms with E-state index in [-0.39, 0.29) is 24.7 Å². The van der Waals surface area contributed by atoms with E-state index in [9.17, 15) is 18.3 Å². The molecule has 1 aromatic heterocycles. The third-order valence-corrected chi connectivity index (χ3v) is 6.77. The summed E-state index contributed by atoms with van der Waals surface area (Å²) >= 11 is 0. The number of nitrogens with zero attached hydrogens (tertiary/aromatic N) is 4. The third kappa shape index (κ3) is 3.86. The van der Waals surface area contributed by atoms with E-state index in [0.717, 1.165) is 36.2 Å². The first kappa shape index (κ1) is 18.3. The molecular weight excluding hydrogens is 346 g/mol. The van der Waals surface area contributed by atoms with Gasteiger partial charge in [-0.2, -0.15) is 0 Å². The summed E-state index contributed by atoms with van der Waals surface area (Å²) in [6.45, 7) is 2.79. The summed E-state index contributed by atoms with van der Waals surface area (Å²) in [7, 11) is -0.496. The zero-order chi connectivity index (χ0) is 18.2. The van der Waals surface area contributed by atoms with E-state index in [0.29, 0.717) is 5.69 Å². The maximum Gasteiger partial charge on any atom is 0.274 e. The number of aromatic nitrogens is 2. The SMILES string of the molecule is CN(C)S(=O)(=O)C[C@@H]1CN(C(=O)c2cn3c(n2)CCNCC3)C[C@H]1O. The lowest BCUT2D eigenvalue weighted by Crippen LogP contribution is -2.33. The molecule has 0 saturated carbocycles. The molecule has 1 fully saturated rings. The number of aliphatic hydroxyl groups is 1. The van der Waals surface area contributed by atoms with Gasteiger partial charge in [0.2, 0.25) is 10.0 Å². The number of fused-ring (bicyclic) bond motifs is 1. The Bertz CT molecular complexity index is 722. The monoisotopic (exact) mass is 371 g/mol. The van der Waals surface area contributed by atoms with Crippen LogP contribution >= 0.6 is 0 Å². The molecule has 2 atom stereocenters. The van der Waals surface area contributed by atoms with Gasteiger partial charge in [0.1, 0.15) is 11.5 Å². The Labute approximate surface area is 147 Å². The van der Waals surface area contributed by atoms with Crippen molar-refractivity contribution in [1.82, 2.24) is 24.1 Å². The van der Waals surface area contributed by atoms with E-state index < -0.39 is 22.0 Å². The van der Waals surface area contributed by atoms with Gasteiger partial charge in [-0.1, -0.05) is 0 Å². The second-order valence-corrected chi connectivity index (χ2v) is 9.06. The van der Waals surface area contributed by atoms with Gasteiger partial charge in [-0.05, 0) is 0 Å². The third-order valence-electron chi connectivity index (χ3n) is 4.81. The number of likely N-dealkylation sites (tertiary alicyclic amines) is 1. The van der Waals surface area contributed by atoms with Crippen molar-refractivity contribution < 1.29 is 18.3 Å². The molecule has 2 aliphatic heterocycles. The van der Waals surface area contributed by atoms with E-state index in [2.05, 4.69) is 10.3 Å². The molecule has 3 heterocycles. The Hall–Kier alpha value is -1.49. The summed E-state index contributed by atoms with van der Waals surface area (Å²) in [5.74, 6) is -0.0332. The molecule has 9 nitrogen and oxygen atoms in total. The highest BCUT2D eigenvalue weighted by Crippen LogP contribution is 2.22. The highest BCUT2D eigenvalue weighted by Gasteiger charge is 2.38. The van der Waals surface area contributed by atoms with Crippen LogP contribution in [0.5, 0.6) is 0 Å². The van der Waals surface area contributed by atoms with Crippen LogP contribution in [0.4, 0.5) is 0 Å². The van der Waals surface area contributed by atoms with E-state index in [1.165, 1.54) is 19.0 Å². The lowest BCUT2D eigenvalue weighted by molar-refractivity contribution is 0.0759. The van der Waals surface area contributed by atoms with Crippen LogP contribution in [0.2, 0.25) is 0 Å². The Balaban J connectivity index is 1.70. The van der Waals surface area contributed by atoms with E-state index >= 15 is 0 Å². The molecule has 0 aromatic carbocycles. The number of carbonyl (C=O) groups is 1. The number of rotatable bonds is 4. The van der Waals surface area contributed by atoms with Crippen molar-refractivity contribution in [2.75, 3.05) is 46.0 Å². The van der Waals surface area contributed by atoms with Crippen LogP contribution in [0.25, 0.3) is 0 Å². The second kappa shape index (κ2) is 7.02. The predicted octanol–water partition coefficient (Wildman–Crippen LogP) is -1.65. The number of amides is 1. The van der Waals surface area contributed by atoms with Crippen molar-refractivity contribution >= 4 is 15.9 Å². The van der Waals surface area contributed by atoms with Crippen molar-refractivity contribution in [2.24, 2.45) is 5.92 Å². The Kier molecular flexibility index (Phi) is 5.14. The first-order valence-corrected chi connectivity index (χ1v) is 10.0. The van der Waals surface area contributed by atoms with E-state index in [1.807, 2.05) is 4.57 Å². The van der Waals surface area contributed by atoms with Crippen LogP contribution in [0.3, 0.4) is 0 Å². The summed E-state index contributed by atoms with van der Waals surface area (Å²) in [4.78, 5) is 18.6. The first-order valence-electron chi connectivity index (χ1n) is 8.42. The minimum atomic E-state index is -3.43. The van der Waals surface area contributed by atoms with Crippen molar-refractivity contribution in [3.63, 3.8) is 0 Å². The number of imidazole rings is 1. The zero-order valence-corrected chi connectivity index (χ0v) is 15.4. The normalized spacial score (nSPS) is 24.4. The van der Waals surface area contributed by atoms with Crippen LogP contribution in [0.15, 0.2) is 6.20 Å². The molecule has 3 rings (SSSR count). The minimum Gasteiger partial charge on any atom is -0.391 e. The van der Waals surface area contributed by atoms with Gasteiger partial charge in [0.05, 0.1) is 11.9 Å². The molecule has 2 N–H and O–H groups in total. The maximum atomic E-state index is 12.7. The van der Waals surface area contributed by atoms with Gasteiger partial charge >= 0.3 is 0 Å². The standard InChI is InChI=1S/C15H25N5O4S/c1-18(2)25(23,24)10-11-7-20(9-13(11)21)15(22)12-8-19-6-5-16-4-3-14(19)17-12/h8,11,13,16,21H,3-7,9-10H2,1-2H3/t11-,13+/m0/s1. The number of aliphatic hydroxyl groups excluding tert-OH is 1. The highest BCUT2D eigenvalue weighted by atomic mass is 32.2. The molecule has 10 heteroatoms. The Morgan fingerprint density at radius 1 is 1.40 bits per heavy atom. The number of nitrogens with one attached hydrogen (secondary N) is 1. The molecule has 1 aromatic rings. The van der Waals surface area contributed by atoms with Gasteiger partial charge in [-0.3, -0.25) is 4.79 Å². The van der Waals surface area contributed by atoms with Gasteiger partial charge in [0.25, 0.3) is 5.91 Å². The van der Waals surface area contributed by atoms with Gasteiger partial charge in [-0.25, -0.2) is 17.7 Å². The minimum absolute atomic E-state index is 0.135. The molecule has 0 spiro atoms. The summed E-state index contributed by atoms with van der Waals surface area (Å²) in [5, 5.41) is 13.5. The maximum absolute atomic E-state index is 12.7. The van der Waals surface area contributed by atoms with Gasteiger partial charge in [-0.15, -0.1) is 0 Å². The average molecular weight is 371 g/mol. The quantitative estimate of drug-likeness (QED) is 0.657. The predicted molar refractivity (Wildman–Crippen MR) is 91.7 cm³/mol. The lowest BCUT2D eigenvalue weighted by atomic mass is 10.1. The van der Waals surface area contributed by atoms with Crippen LogP contribution in [0, 0.1) is 5.92 Å². The lowest BCUT2D eigenvalue weighted by Gasteiger charge is -2.17. The fourth-order valence-corrected chi connectivity index (χ4v) is 4.41. The number of carbonyl (C=O) groups excluding carboxylic acids is 1. The molecule has 0 radical (unpaired) electrons.